The molecule has 0 radical (unpaired) electrons. The van der Waals surface area contributed by atoms with Gasteiger partial charge in [-0.2, -0.15) is 5.10 Å². The highest BCUT2D eigenvalue weighted by Gasteiger charge is 2.10. The Hall–Kier alpha value is -2.13. The van der Waals surface area contributed by atoms with Crippen LogP contribution < -0.4 is 4.74 Å². The number of nitrogens with zero attached hydrogens (tertiary/aromatic N) is 2. The average molecular weight is 327 g/mol. The first kappa shape index (κ1) is 15.8. The highest BCUT2D eigenvalue weighted by molar-refractivity contribution is 6.30. The first-order valence-electron chi connectivity index (χ1n) is 7.89. The standard InChI is InChI=1S/C19H19ClN2O/c1-2-3-12-23-19-17-7-5-4-6-16(17)18(21-22-19)13-14-8-10-15(20)11-9-14/h4-11H,2-3,12-13H2,1H3. The van der Waals surface area contributed by atoms with Crippen molar-refractivity contribution >= 4 is 22.4 Å². The van der Waals surface area contributed by atoms with Gasteiger partial charge in [-0.1, -0.05) is 55.3 Å². The first-order valence-corrected chi connectivity index (χ1v) is 8.27. The van der Waals surface area contributed by atoms with Crippen LogP contribution in [0.4, 0.5) is 0 Å². The van der Waals surface area contributed by atoms with E-state index < -0.39 is 0 Å². The Morgan fingerprint density at radius 2 is 1.70 bits per heavy atom. The molecule has 0 spiro atoms. The highest BCUT2D eigenvalue weighted by Crippen LogP contribution is 2.26. The van der Waals surface area contributed by atoms with Gasteiger partial charge < -0.3 is 4.74 Å². The molecule has 23 heavy (non-hydrogen) atoms. The summed E-state index contributed by atoms with van der Waals surface area (Å²) >= 11 is 5.95. The molecule has 0 amide bonds. The second-order valence-electron chi connectivity index (χ2n) is 5.50. The predicted octanol–water partition coefficient (Wildman–Crippen LogP) is 5.05. The fourth-order valence-electron chi connectivity index (χ4n) is 2.48. The Morgan fingerprint density at radius 3 is 2.43 bits per heavy atom. The molecular formula is C19H19ClN2O. The molecule has 3 nitrogen and oxygen atoms in total. The van der Waals surface area contributed by atoms with E-state index in [2.05, 4.69) is 23.2 Å². The van der Waals surface area contributed by atoms with E-state index in [0.29, 0.717) is 12.5 Å². The molecule has 0 saturated carbocycles. The zero-order valence-electron chi connectivity index (χ0n) is 13.1. The van der Waals surface area contributed by atoms with Gasteiger partial charge in [0.1, 0.15) is 0 Å². The molecule has 3 aromatic rings. The lowest BCUT2D eigenvalue weighted by Gasteiger charge is -2.10. The van der Waals surface area contributed by atoms with Crippen molar-refractivity contribution in [1.29, 1.82) is 0 Å². The topological polar surface area (TPSA) is 35.0 Å². The third kappa shape index (κ3) is 3.80. The van der Waals surface area contributed by atoms with Gasteiger partial charge in [-0.05, 0) is 30.2 Å². The third-order valence-electron chi connectivity index (χ3n) is 3.75. The number of hydrogen-bond acceptors (Lipinski definition) is 3. The summed E-state index contributed by atoms with van der Waals surface area (Å²) in [6, 6.07) is 16.0. The Bertz CT molecular complexity index is 787. The first-order chi connectivity index (χ1) is 11.3. The van der Waals surface area contributed by atoms with Crippen molar-refractivity contribution in [3.8, 4) is 5.88 Å². The SMILES string of the molecule is CCCCOc1nnc(Cc2ccc(Cl)cc2)c2ccccc12. The van der Waals surface area contributed by atoms with Crippen LogP contribution >= 0.6 is 11.6 Å². The maximum atomic E-state index is 5.95. The van der Waals surface area contributed by atoms with Gasteiger partial charge in [0, 0.05) is 22.2 Å². The molecule has 0 atom stereocenters. The number of fused-ring (bicyclic) bond motifs is 1. The van der Waals surface area contributed by atoms with Crippen molar-refractivity contribution in [2.45, 2.75) is 26.2 Å². The van der Waals surface area contributed by atoms with E-state index >= 15 is 0 Å². The van der Waals surface area contributed by atoms with Crippen molar-refractivity contribution in [3.05, 3.63) is 64.8 Å². The fraction of sp³-hybridized carbons (Fsp3) is 0.263. The molecule has 2 aromatic carbocycles. The van der Waals surface area contributed by atoms with Gasteiger partial charge >= 0.3 is 0 Å². The van der Waals surface area contributed by atoms with Crippen LogP contribution in [0.2, 0.25) is 5.02 Å². The Balaban J connectivity index is 1.92. The molecule has 4 heteroatoms. The summed E-state index contributed by atoms with van der Waals surface area (Å²) < 4.78 is 5.79. The maximum absolute atomic E-state index is 5.95. The van der Waals surface area contributed by atoms with Crippen LogP contribution in [0.3, 0.4) is 0 Å². The van der Waals surface area contributed by atoms with Crippen molar-refractivity contribution in [3.63, 3.8) is 0 Å². The van der Waals surface area contributed by atoms with Crippen molar-refractivity contribution in [1.82, 2.24) is 10.2 Å². The number of ether oxygens (including phenoxy) is 1. The Morgan fingerprint density at radius 1 is 0.957 bits per heavy atom. The van der Waals surface area contributed by atoms with E-state index in [1.165, 1.54) is 0 Å². The zero-order chi connectivity index (χ0) is 16.1. The second-order valence-corrected chi connectivity index (χ2v) is 5.94. The van der Waals surface area contributed by atoms with Gasteiger partial charge in [-0.3, -0.25) is 0 Å². The summed E-state index contributed by atoms with van der Waals surface area (Å²) in [6.45, 7) is 2.81. The van der Waals surface area contributed by atoms with E-state index in [1.807, 2.05) is 42.5 Å². The third-order valence-corrected chi connectivity index (χ3v) is 4.00. The summed E-state index contributed by atoms with van der Waals surface area (Å²) in [5, 5.41) is 11.5. The van der Waals surface area contributed by atoms with E-state index in [9.17, 15) is 0 Å². The largest absolute Gasteiger partial charge is 0.476 e. The predicted molar refractivity (Wildman–Crippen MR) is 94.2 cm³/mol. The number of benzene rings is 2. The molecule has 0 bridgehead atoms. The molecule has 0 aliphatic heterocycles. The van der Waals surface area contributed by atoms with Crippen molar-refractivity contribution in [2.24, 2.45) is 0 Å². The summed E-state index contributed by atoms with van der Waals surface area (Å²) in [5.41, 5.74) is 2.11. The molecule has 0 fully saturated rings. The molecule has 3 rings (SSSR count). The van der Waals surface area contributed by atoms with Crippen LogP contribution in [0.15, 0.2) is 48.5 Å². The lowest BCUT2D eigenvalue weighted by molar-refractivity contribution is 0.298. The molecular weight excluding hydrogens is 308 g/mol. The number of halogens is 1. The lowest BCUT2D eigenvalue weighted by atomic mass is 10.0. The average Bonchev–Trinajstić information content (AvgIpc) is 2.59. The van der Waals surface area contributed by atoms with Crippen molar-refractivity contribution in [2.75, 3.05) is 6.61 Å². The molecule has 1 aromatic heterocycles. The van der Waals surface area contributed by atoms with Crippen LogP contribution in [0.25, 0.3) is 10.8 Å². The minimum atomic E-state index is 0.619. The lowest BCUT2D eigenvalue weighted by Crippen LogP contribution is -2.03. The van der Waals surface area contributed by atoms with Gasteiger partial charge in [-0.25, -0.2) is 0 Å². The molecule has 0 saturated heterocycles. The smallest absolute Gasteiger partial charge is 0.241 e. The molecule has 0 unspecified atom stereocenters. The second kappa shape index (κ2) is 7.42. The van der Waals surface area contributed by atoms with E-state index in [-0.39, 0.29) is 0 Å². The number of unbranched alkanes of at least 4 members (excludes halogenated alkanes) is 1. The quantitative estimate of drug-likeness (QED) is 0.594. The Kier molecular flexibility index (Phi) is 5.09. The summed E-state index contributed by atoms with van der Waals surface area (Å²) in [6.07, 6.45) is 2.84. The molecule has 0 aliphatic carbocycles. The number of rotatable bonds is 6. The van der Waals surface area contributed by atoms with Gasteiger partial charge in [0.2, 0.25) is 5.88 Å². The molecule has 1 heterocycles. The van der Waals surface area contributed by atoms with Gasteiger partial charge in [0.25, 0.3) is 0 Å². The summed E-state index contributed by atoms with van der Waals surface area (Å²) in [4.78, 5) is 0. The zero-order valence-corrected chi connectivity index (χ0v) is 13.9. The maximum Gasteiger partial charge on any atom is 0.241 e. The summed E-state index contributed by atoms with van der Waals surface area (Å²) in [5.74, 6) is 0.619. The van der Waals surface area contributed by atoms with Crippen LogP contribution in [0, 0.1) is 0 Å². The highest BCUT2D eigenvalue weighted by atomic mass is 35.5. The summed E-state index contributed by atoms with van der Waals surface area (Å²) in [7, 11) is 0. The minimum Gasteiger partial charge on any atom is -0.476 e. The molecule has 0 N–H and O–H groups in total. The molecule has 0 aliphatic rings. The van der Waals surface area contributed by atoms with Crippen LogP contribution in [0.5, 0.6) is 5.88 Å². The normalized spacial score (nSPS) is 10.9. The minimum absolute atomic E-state index is 0.619. The van der Waals surface area contributed by atoms with Gasteiger partial charge in [0.05, 0.1) is 12.3 Å². The molecule has 118 valence electrons. The number of hydrogen-bond donors (Lipinski definition) is 0. The van der Waals surface area contributed by atoms with Crippen LogP contribution in [0.1, 0.15) is 31.0 Å². The fourth-order valence-corrected chi connectivity index (χ4v) is 2.61. The van der Waals surface area contributed by atoms with Gasteiger partial charge in [0.15, 0.2) is 0 Å². The van der Waals surface area contributed by atoms with Crippen LogP contribution in [-0.4, -0.2) is 16.8 Å². The number of aromatic nitrogens is 2. The Labute approximate surface area is 141 Å². The van der Waals surface area contributed by atoms with Crippen molar-refractivity contribution < 1.29 is 4.74 Å². The van der Waals surface area contributed by atoms with E-state index in [1.54, 1.807) is 0 Å². The van der Waals surface area contributed by atoms with E-state index in [4.69, 9.17) is 16.3 Å². The van der Waals surface area contributed by atoms with Crippen LogP contribution in [-0.2, 0) is 6.42 Å². The van der Waals surface area contributed by atoms with E-state index in [0.717, 1.165) is 46.3 Å². The monoisotopic (exact) mass is 326 g/mol. The van der Waals surface area contributed by atoms with Gasteiger partial charge in [-0.15, -0.1) is 5.10 Å².